The van der Waals surface area contributed by atoms with Crippen LogP contribution in [-0.4, -0.2) is 48.0 Å². The fourth-order valence-electron chi connectivity index (χ4n) is 4.74. The second-order valence-electron chi connectivity index (χ2n) is 8.84. The summed E-state index contributed by atoms with van der Waals surface area (Å²) in [7, 11) is 0. The highest BCUT2D eigenvalue weighted by molar-refractivity contribution is 5.81. The van der Waals surface area contributed by atoms with Crippen molar-refractivity contribution in [2.75, 3.05) is 13.1 Å². The van der Waals surface area contributed by atoms with Crippen molar-refractivity contribution in [3.8, 4) is 16.9 Å². The Bertz CT molecular complexity index is 1340. The first-order valence-corrected chi connectivity index (χ1v) is 11.1. The first kappa shape index (κ1) is 19.0. The number of hydrogen-bond donors (Lipinski definition) is 1. The van der Waals surface area contributed by atoms with Crippen LogP contribution in [0, 0.1) is 11.8 Å². The van der Waals surface area contributed by atoms with Gasteiger partial charge in [0.25, 0.3) is 0 Å². The monoisotopic (exact) mass is 428 g/mol. The number of fused-ring (bicyclic) bond motifs is 1. The molecule has 1 N–H and O–H groups in total. The molecule has 1 saturated carbocycles. The molecule has 1 atom stereocenters. The maximum absolute atomic E-state index is 12.5. The van der Waals surface area contributed by atoms with E-state index in [-0.39, 0.29) is 11.6 Å². The van der Waals surface area contributed by atoms with Crippen molar-refractivity contribution < 1.29 is 4.79 Å². The molecule has 1 aliphatic carbocycles. The fourth-order valence-corrected chi connectivity index (χ4v) is 4.74. The van der Waals surface area contributed by atoms with Crippen molar-refractivity contribution in [1.82, 2.24) is 29.0 Å². The maximum Gasteiger partial charge on any atom is 0.347 e. The van der Waals surface area contributed by atoms with Gasteiger partial charge in [0.15, 0.2) is 0 Å². The molecule has 0 radical (unpaired) electrons. The number of amides is 1. The standard InChI is InChI=1S/C24H24N6O2/c31-23(18-4-5-18)28-11-10-16(14-28)12-22-26-27-24(32)30(22)19-8-6-17(7-9-19)21-3-1-2-20-13-25-15-29(20)21/h1-3,6-9,13,15-16,18H,4-5,10-12,14H2,(H,27,32)/t16-/m0/s1. The number of likely N-dealkylation sites (tertiary alicyclic amines) is 1. The summed E-state index contributed by atoms with van der Waals surface area (Å²) in [6, 6.07) is 14.0. The summed E-state index contributed by atoms with van der Waals surface area (Å²) < 4.78 is 3.69. The number of nitrogens with zero attached hydrogens (tertiary/aromatic N) is 5. The highest BCUT2D eigenvalue weighted by Gasteiger charge is 2.36. The van der Waals surface area contributed by atoms with Gasteiger partial charge in [-0.2, -0.15) is 5.10 Å². The third-order valence-corrected chi connectivity index (χ3v) is 6.61. The molecule has 0 spiro atoms. The molecular weight excluding hydrogens is 404 g/mol. The topological polar surface area (TPSA) is 88.3 Å². The van der Waals surface area contributed by atoms with E-state index >= 15 is 0 Å². The second kappa shape index (κ2) is 7.47. The fraction of sp³-hybridized carbons (Fsp3) is 0.333. The van der Waals surface area contributed by atoms with E-state index < -0.39 is 0 Å². The molecule has 8 nitrogen and oxygen atoms in total. The van der Waals surface area contributed by atoms with E-state index in [0.29, 0.717) is 24.1 Å². The number of nitrogens with one attached hydrogen (secondary N) is 1. The minimum Gasteiger partial charge on any atom is -0.342 e. The molecule has 2 aliphatic rings. The first-order valence-electron chi connectivity index (χ1n) is 11.1. The molecule has 4 aromatic rings. The summed E-state index contributed by atoms with van der Waals surface area (Å²) >= 11 is 0. The molecule has 4 heterocycles. The van der Waals surface area contributed by atoms with Crippen molar-refractivity contribution in [2.45, 2.75) is 25.7 Å². The number of benzene rings is 1. The normalized spacial score (nSPS) is 18.5. The van der Waals surface area contributed by atoms with Gasteiger partial charge < -0.3 is 4.90 Å². The number of H-pyrrole nitrogens is 1. The molecular formula is C24H24N6O2. The Hall–Kier alpha value is -3.68. The van der Waals surface area contributed by atoms with Gasteiger partial charge in [0.2, 0.25) is 5.91 Å². The number of aromatic nitrogens is 5. The highest BCUT2D eigenvalue weighted by atomic mass is 16.2. The Labute approximate surface area is 184 Å². The van der Waals surface area contributed by atoms with Gasteiger partial charge in [-0.3, -0.25) is 9.20 Å². The van der Waals surface area contributed by atoms with E-state index in [1.807, 2.05) is 58.0 Å². The lowest BCUT2D eigenvalue weighted by Gasteiger charge is -2.16. The lowest BCUT2D eigenvalue weighted by molar-refractivity contribution is -0.131. The molecule has 8 heteroatoms. The highest BCUT2D eigenvalue weighted by Crippen LogP contribution is 2.33. The smallest absolute Gasteiger partial charge is 0.342 e. The third-order valence-electron chi connectivity index (χ3n) is 6.61. The van der Waals surface area contributed by atoms with Gasteiger partial charge in [0.05, 0.1) is 29.4 Å². The van der Waals surface area contributed by atoms with E-state index in [1.54, 1.807) is 10.9 Å². The molecule has 0 bridgehead atoms. The van der Waals surface area contributed by atoms with Crippen LogP contribution in [-0.2, 0) is 11.2 Å². The van der Waals surface area contributed by atoms with Crippen LogP contribution < -0.4 is 5.69 Å². The Morgan fingerprint density at radius 2 is 1.94 bits per heavy atom. The van der Waals surface area contributed by atoms with Gasteiger partial charge in [-0.25, -0.2) is 19.4 Å². The van der Waals surface area contributed by atoms with Crippen LogP contribution in [0.15, 0.2) is 59.8 Å². The van der Waals surface area contributed by atoms with Crippen molar-refractivity contribution in [3.63, 3.8) is 0 Å². The van der Waals surface area contributed by atoms with E-state index in [1.165, 1.54) is 0 Å². The minimum atomic E-state index is -0.242. The summed E-state index contributed by atoms with van der Waals surface area (Å²) in [5, 5.41) is 6.90. The van der Waals surface area contributed by atoms with Crippen molar-refractivity contribution >= 4 is 11.4 Å². The largest absolute Gasteiger partial charge is 0.347 e. The van der Waals surface area contributed by atoms with Gasteiger partial charge in [-0.05, 0) is 55.0 Å². The molecule has 0 unspecified atom stereocenters. The van der Waals surface area contributed by atoms with Crippen LogP contribution in [0.5, 0.6) is 0 Å². The summed E-state index contributed by atoms with van der Waals surface area (Å²) in [5.41, 5.74) is 3.65. The predicted molar refractivity (Wildman–Crippen MR) is 119 cm³/mol. The number of rotatable bonds is 5. The van der Waals surface area contributed by atoms with E-state index in [0.717, 1.165) is 54.8 Å². The van der Waals surface area contributed by atoms with Gasteiger partial charge in [-0.15, -0.1) is 0 Å². The molecule has 3 aromatic heterocycles. The van der Waals surface area contributed by atoms with Crippen LogP contribution in [0.3, 0.4) is 0 Å². The molecule has 2 fully saturated rings. The first-order chi connectivity index (χ1) is 15.7. The van der Waals surface area contributed by atoms with Crippen LogP contribution in [0.25, 0.3) is 22.5 Å². The summed E-state index contributed by atoms with van der Waals surface area (Å²) in [6.07, 6.45) is 7.32. The van der Waals surface area contributed by atoms with E-state index in [2.05, 4.69) is 15.2 Å². The average Bonchev–Trinajstić information content (AvgIpc) is 3.19. The molecule has 1 saturated heterocycles. The maximum atomic E-state index is 12.5. The minimum absolute atomic E-state index is 0.242. The zero-order chi connectivity index (χ0) is 21.7. The van der Waals surface area contributed by atoms with Crippen LogP contribution >= 0.6 is 0 Å². The number of carbonyl (C=O) groups excluding carboxylic acids is 1. The van der Waals surface area contributed by atoms with Crippen LogP contribution in [0.2, 0.25) is 0 Å². The van der Waals surface area contributed by atoms with E-state index in [4.69, 9.17) is 0 Å². The van der Waals surface area contributed by atoms with Crippen LogP contribution in [0.4, 0.5) is 0 Å². The van der Waals surface area contributed by atoms with Gasteiger partial charge in [-0.1, -0.05) is 18.2 Å². The predicted octanol–water partition coefficient (Wildman–Crippen LogP) is 2.68. The Morgan fingerprint density at radius 1 is 1.09 bits per heavy atom. The third kappa shape index (κ3) is 3.32. The zero-order valence-corrected chi connectivity index (χ0v) is 17.6. The van der Waals surface area contributed by atoms with Gasteiger partial charge in [0.1, 0.15) is 5.82 Å². The number of pyridine rings is 1. The SMILES string of the molecule is O=C(C1CC1)N1CC[C@@H](Cc2n[nH]c(=O)n2-c2ccc(-c3cccc4cncn34)cc2)C1. The zero-order valence-electron chi connectivity index (χ0n) is 17.6. The number of carbonyl (C=O) groups is 1. The van der Waals surface area contributed by atoms with Crippen molar-refractivity contribution in [1.29, 1.82) is 0 Å². The summed E-state index contributed by atoms with van der Waals surface area (Å²) in [4.78, 5) is 31.1. The summed E-state index contributed by atoms with van der Waals surface area (Å²) in [6.45, 7) is 1.56. The molecule has 1 aromatic carbocycles. The summed E-state index contributed by atoms with van der Waals surface area (Å²) in [5.74, 6) is 1.59. The van der Waals surface area contributed by atoms with Gasteiger partial charge in [0, 0.05) is 25.4 Å². The Kier molecular flexibility index (Phi) is 4.45. The van der Waals surface area contributed by atoms with Gasteiger partial charge >= 0.3 is 5.69 Å². The van der Waals surface area contributed by atoms with Crippen molar-refractivity contribution in [3.05, 3.63) is 71.3 Å². The van der Waals surface area contributed by atoms with Crippen LogP contribution in [0.1, 0.15) is 25.1 Å². The molecule has 6 rings (SSSR count). The molecule has 1 amide bonds. The number of imidazole rings is 1. The molecule has 162 valence electrons. The molecule has 32 heavy (non-hydrogen) atoms. The quantitative estimate of drug-likeness (QED) is 0.529. The second-order valence-corrected chi connectivity index (χ2v) is 8.84. The Balaban J connectivity index is 1.24. The number of aromatic amines is 1. The molecule has 1 aliphatic heterocycles. The average molecular weight is 428 g/mol. The Morgan fingerprint density at radius 3 is 2.75 bits per heavy atom. The lowest BCUT2D eigenvalue weighted by Crippen LogP contribution is -2.30. The van der Waals surface area contributed by atoms with Crippen molar-refractivity contribution in [2.24, 2.45) is 11.8 Å². The van der Waals surface area contributed by atoms with E-state index in [9.17, 15) is 9.59 Å². The number of hydrogen-bond acceptors (Lipinski definition) is 4. The lowest BCUT2D eigenvalue weighted by atomic mass is 10.0.